The number of ether oxygens (including phenoxy) is 1. The molecule has 3 rings (SSSR count). The van der Waals surface area contributed by atoms with Gasteiger partial charge in [0.25, 0.3) is 5.91 Å². The van der Waals surface area contributed by atoms with Crippen LogP contribution in [0, 0.1) is 17.2 Å². The number of furan rings is 1. The molecule has 1 aliphatic rings. The van der Waals surface area contributed by atoms with Gasteiger partial charge in [0, 0.05) is 11.6 Å². The zero-order valence-electron chi connectivity index (χ0n) is 13.2. The molecule has 0 radical (unpaired) electrons. The molecule has 1 N–H and O–H groups in total. The van der Waals surface area contributed by atoms with Crippen molar-refractivity contribution in [1.82, 2.24) is 0 Å². The van der Waals surface area contributed by atoms with Crippen LogP contribution in [0.25, 0.3) is 0 Å². The minimum absolute atomic E-state index is 0.0876. The Kier molecular flexibility index (Phi) is 5.19. The standard InChI is InChI=1S/C18H15BrN2O4/c19-16-8-7-14(24-16)18(23)21-13-5-1-11(2-6-13)9-17(22)25-15(10-20)12-3-4-12/h1-2,5-8,12,15H,3-4,9H2,(H,21,23). The molecule has 2 aromatic rings. The number of nitrogens with zero attached hydrogens (tertiary/aromatic N) is 1. The Balaban J connectivity index is 1.54. The van der Waals surface area contributed by atoms with Crippen LogP contribution in [0.15, 0.2) is 45.5 Å². The van der Waals surface area contributed by atoms with Crippen LogP contribution in [0.1, 0.15) is 29.0 Å². The Labute approximate surface area is 152 Å². The summed E-state index contributed by atoms with van der Waals surface area (Å²) in [5, 5.41) is 11.7. The molecule has 1 atom stereocenters. The van der Waals surface area contributed by atoms with Gasteiger partial charge in [0.2, 0.25) is 0 Å². The number of esters is 1. The molecule has 0 aliphatic heterocycles. The minimum atomic E-state index is -0.640. The fraction of sp³-hybridized carbons (Fsp3) is 0.278. The summed E-state index contributed by atoms with van der Waals surface area (Å²) < 4.78 is 10.9. The minimum Gasteiger partial charge on any atom is -0.446 e. The van der Waals surface area contributed by atoms with E-state index in [0.717, 1.165) is 18.4 Å². The molecule has 1 unspecified atom stereocenters. The topological polar surface area (TPSA) is 92.3 Å². The summed E-state index contributed by atoms with van der Waals surface area (Å²) in [6.45, 7) is 0. The van der Waals surface area contributed by atoms with E-state index >= 15 is 0 Å². The van der Waals surface area contributed by atoms with E-state index in [2.05, 4.69) is 21.2 Å². The van der Waals surface area contributed by atoms with Crippen molar-refractivity contribution in [2.75, 3.05) is 5.32 Å². The SMILES string of the molecule is N#CC(OC(=O)Cc1ccc(NC(=O)c2ccc(Br)o2)cc1)C1CC1. The molecule has 1 aromatic carbocycles. The number of rotatable bonds is 6. The van der Waals surface area contributed by atoms with Gasteiger partial charge in [-0.25, -0.2) is 0 Å². The quantitative estimate of drug-likeness (QED) is 0.743. The molecule has 0 spiro atoms. The van der Waals surface area contributed by atoms with Crippen LogP contribution < -0.4 is 5.32 Å². The van der Waals surface area contributed by atoms with Crippen molar-refractivity contribution in [3.05, 3.63) is 52.4 Å². The monoisotopic (exact) mass is 402 g/mol. The highest BCUT2D eigenvalue weighted by atomic mass is 79.9. The van der Waals surface area contributed by atoms with Crippen molar-refractivity contribution < 1.29 is 18.7 Å². The van der Waals surface area contributed by atoms with Gasteiger partial charge in [0.15, 0.2) is 16.5 Å². The molecule has 1 saturated carbocycles. The van der Waals surface area contributed by atoms with E-state index in [1.54, 1.807) is 36.4 Å². The van der Waals surface area contributed by atoms with Gasteiger partial charge in [0.1, 0.15) is 6.07 Å². The molecular formula is C18H15BrN2O4. The second kappa shape index (κ2) is 7.53. The van der Waals surface area contributed by atoms with E-state index in [4.69, 9.17) is 14.4 Å². The van der Waals surface area contributed by atoms with Gasteiger partial charge in [0.05, 0.1) is 6.42 Å². The molecular weight excluding hydrogens is 388 g/mol. The number of hydrogen-bond donors (Lipinski definition) is 1. The summed E-state index contributed by atoms with van der Waals surface area (Å²) in [6.07, 6.45) is 1.32. The summed E-state index contributed by atoms with van der Waals surface area (Å²) in [4.78, 5) is 23.9. The lowest BCUT2D eigenvalue weighted by atomic mass is 10.1. The molecule has 0 bridgehead atoms. The van der Waals surface area contributed by atoms with Crippen LogP contribution in [0.4, 0.5) is 5.69 Å². The number of nitrogens with one attached hydrogen (secondary N) is 1. The van der Waals surface area contributed by atoms with E-state index in [0.29, 0.717) is 10.4 Å². The Bertz CT molecular complexity index is 818. The zero-order valence-corrected chi connectivity index (χ0v) is 14.8. The maximum atomic E-state index is 12.0. The highest BCUT2D eigenvalue weighted by Crippen LogP contribution is 2.34. The number of carbonyl (C=O) groups excluding carboxylic acids is 2. The van der Waals surface area contributed by atoms with Crippen LogP contribution in [0.5, 0.6) is 0 Å². The van der Waals surface area contributed by atoms with Crippen molar-refractivity contribution >= 4 is 33.5 Å². The van der Waals surface area contributed by atoms with E-state index in [1.165, 1.54) is 0 Å². The number of nitriles is 1. The first kappa shape index (κ1) is 17.2. The van der Waals surface area contributed by atoms with Crippen LogP contribution >= 0.6 is 15.9 Å². The van der Waals surface area contributed by atoms with Crippen molar-refractivity contribution in [2.45, 2.75) is 25.4 Å². The smallest absolute Gasteiger partial charge is 0.311 e. The third-order valence-corrected chi connectivity index (χ3v) is 4.22. The first-order valence-corrected chi connectivity index (χ1v) is 8.59. The van der Waals surface area contributed by atoms with E-state index in [-0.39, 0.29) is 24.0 Å². The van der Waals surface area contributed by atoms with Crippen LogP contribution in [0.2, 0.25) is 0 Å². The van der Waals surface area contributed by atoms with Crippen molar-refractivity contribution in [2.24, 2.45) is 5.92 Å². The highest BCUT2D eigenvalue weighted by molar-refractivity contribution is 9.10. The predicted octanol–water partition coefficient (Wildman–Crippen LogP) is 3.68. The van der Waals surface area contributed by atoms with Gasteiger partial charge in [-0.15, -0.1) is 0 Å². The maximum absolute atomic E-state index is 12.0. The molecule has 7 heteroatoms. The van der Waals surface area contributed by atoms with Gasteiger partial charge in [-0.2, -0.15) is 5.26 Å². The first-order chi connectivity index (χ1) is 12.0. The lowest BCUT2D eigenvalue weighted by Crippen LogP contribution is -2.19. The van der Waals surface area contributed by atoms with Crippen LogP contribution in [0.3, 0.4) is 0 Å². The molecule has 1 heterocycles. The molecule has 1 amide bonds. The lowest BCUT2D eigenvalue weighted by Gasteiger charge is -2.10. The maximum Gasteiger partial charge on any atom is 0.311 e. The van der Waals surface area contributed by atoms with Crippen molar-refractivity contribution in [3.8, 4) is 6.07 Å². The number of amides is 1. The van der Waals surface area contributed by atoms with Gasteiger partial charge in [-0.1, -0.05) is 12.1 Å². The average Bonchev–Trinajstić information content (AvgIpc) is 3.35. The summed E-state index contributed by atoms with van der Waals surface area (Å²) in [6, 6.07) is 12.1. The number of carbonyl (C=O) groups is 2. The highest BCUT2D eigenvalue weighted by Gasteiger charge is 2.34. The van der Waals surface area contributed by atoms with Crippen LogP contribution in [-0.4, -0.2) is 18.0 Å². The predicted molar refractivity (Wildman–Crippen MR) is 92.7 cm³/mol. The number of hydrogen-bond acceptors (Lipinski definition) is 5. The Morgan fingerprint density at radius 2 is 2.00 bits per heavy atom. The average molecular weight is 403 g/mol. The fourth-order valence-electron chi connectivity index (χ4n) is 2.31. The summed E-state index contributed by atoms with van der Waals surface area (Å²) in [7, 11) is 0. The first-order valence-electron chi connectivity index (χ1n) is 7.80. The van der Waals surface area contributed by atoms with Gasteiger partial charge in [-0.05, 0) is 58.6 Å². The Morgan fingerprint density at radius 1 is 1.28 bits per heavy atom. The van der Waals surface area contributed by atoms with Crippen molar-refractivity contribution in [3.63, 3.8) is 0 Å². The largest absolute Gasteiger partial charge is 0.446 e. The molecule has 6 nitrogen and oxygen atoms in total. The fourth-order valence-corrected chi connectivity index (χ4v) is 2.62. The summed E-state index contributed by atoms with van der Waals surface area (Å²) in [5.74, 6) is -0.398. The molecule has 128 valence electrons. The molecule has 1 aliphatic carbocycles. The number of halogens is 1. The molecule has 1 fully saturated rings. The summed E-state index contributed by atoms with van der Waals surface area (Å²) >= 11 is 3.14. The number of benzene rings is 1. The molecule has 1 aromatic heterocycles. The second-order valence-corrected chi connectivity index (χ2v) is 6.59. The second-order valence-electron chi connectivity index (χ2n) is 5.81. The Hall–Kier alpha value is -2.59. The van der Waals surface area contributed by atoms with Crippen molar-refractivity contribution in [1.29, 1.82) is 5.26 Å². The van der Waals surface area contributed by atoms with E-state index < -0.39 is 12.1 Å². The third kappa shape index (κ3) is 4.70. The van der Waals surface area contributed by atoms with Crippen LogP contribution in [-0.2, 0) is 16.0 Å². The molecule has 25 heavy (non-hydrogen) atoms. The molecule has 0 saturated heterocycles. The lowest BCUT2D eigenvalue weighted by molar-refractivity contribution is -0.146. The normalized spacial score (nSPS) is 14.4. The van der Waals surface area contributed by atoms with Gasteiger partial charge in [-0.3, -0.25) is 9.59 Å². The van der Waals surface area contributed by atoms with E-state index in [9.17, 15) is 9.59 Å². The summed E-state index contributed by atoms with van der Waals surface area (Å²) in [5.41, 5.74) is 1.33. The number of anilines is 1. The van der Waals surface area contributed by atoms with E-state index in [1.807, 2.05) is 6.07 Å². The van der Waals surface area contributed by atoms with Gasteiger partial charge >= 0.3 is 5.97 Å². The van der Waals surface area contributed by atoms with Gasteiger partial charge < -0.3 is 14.5 Å². The zero-order chi connectivity index (χ0) is 17.8. The third-order valence-electron chi connectivity index (χ3n) is 3.79. The Morgan fingerprint density at radius 3 is 2.56 bits per heavy atom.